The van der Waals surface area contributed by atoms with Crippen molar-refractivity contribution in [1.82, 2.24) is 10.2 Å². The number of hydrogen-bond donors (Lipinski definition) is 2. The number of rotatable bonds is 3. The van der Waals surface area contributed by atoms with Gasteiger partial charge in [0.25, 0.3) is 5.56 Å². The maximum absolute atomic E-state index is 10.9. The Kier molecular flexibility index (Phi) is 2.58. The van der Waals surface area contributed by atoms with Gasteiger partial charge in [0, 0.05) is 18.2 Å². The standard InChI is InChI=1S/C11H12N2O2/c1-15-10-4-2-8(3-5-10)6-9-7-11(14)13-12-9/h2-5,7H,6H2,1H3,(H2,12,13,14). The van der Waals surface area contributed by atoms with Crippen LogP contribution in [-0.2, 0) is 6.42 Å². The zero-order valence-corrected chi connectivity index (χ0v) is 8.41. The normalized spacial score (nSPS) is 10.2. The minimum Gasteiger partial charge on any atom is -0.497 e. The zero-order valence-electron chi connectivity index (χ0n) is 8.41. The highest BCUT2D eigenvalue weighted by molar-refractivity contribution is 5.29. The molecule has 2 aromatic rings. The van der Waals surface area contributed by atoms with Crippen molar-refractivity contribution in [3.8, 4) is 5.75 Å². The Balaban J connectivity index is 2.14. The second kappa shape index (κ2) is 4.04. The Hall–Kier alpha value is -1.97. The molecule has 78 valence electrons. The van der Waals surface area contributed by atoms with Crippen molar-refractivity contribution in [3.63, 3.8) is 0 Å². The van der Waals surface area contributed by atoms with Gasteiger partial charge in [-0.05, 0) is 17.7 Å². The Bertz CT molecular complexity index is 482. The van der Waals surface area contributed by atoms with Crippen LogP contribution in [0.15, 0.2) is 35.1 Å². The fraction of sp³-hybridized carbons (Fsp3) is 0.182. The smallest absolute Gasteiger partial charge is 0.264 e. The first-order valence-electron chi connectivity index (χ1n) is 4.67. The van der Waals surface area contributed by atoms with Gasteiger partial charge in [-0.2, -0.15) is 0 Å². The predicted octanol–water partition coefficient (Wildman–Crippen LogP) is 1.30. The summed E-state index contributed by atoms with van der Waals surface area (Å²) < 4.78 is 5.06. The van der Waals surface area contributed by atoms with E-state index < -0.39 is 0 Å². The first-order valence-corrected chi connectivity index (χ1v) is 4.67. The van der Waals surface area contributed by atoms with Gasteiger partial charge in [0.15, 0.2) is 0 Å². The van der Waals surface area contributed by atoms with Crippen molar-refractivity contribution < 1.29 is 4.74 Å². The molecule has 0 atom stereocenters. The number of ether oxygens (including phenoxy) is 1. The van der Waals surface area contributed by atoms with Gasteiger partial charge < -0.3 is 9.84 Å². The van der Waals surface area contributed by atoms with Crippen molar-refractivity contribution >= 4 is 0 Å². The second-order valence-electron chi connectivity index (χ2n) is 3.31. The lowest BCUT2D eigenvalue weighted by molar-refractivity contribution is 0.414. The van der Waals surface area contributed by atoms with Crippen LogP contribution in [0.1, 0.15) is 11.3 Å². The largest absolute Gasteiger partial charge is 0.497 e. The molecule has 4 nitrogen and oxygen atoms in total. The molecule has 15 heavy (non-hydrogen) atoms. The summed E-state index contributed by atoms with van der Waals surface area (Å²) >= 11 is 0. The molecule has 0 amide bonds. The molecule has 0 spiro atoms. The van der Waals surface area contributed by atoms with Crippen LogP contribution in [0.2, 0.25) is 0 Å². The minimum atomic E-state index is -0.0986. The number of H-pyrrole nitrogens is 2. The molecule has 1 heterocycles. The van der Waals surface area contributed by atoms with E-state index in [2.05, 4.69) is 10.2 Å². The zero-order chi connectivity index (χ0) is 10.7. The fourth-order valence-corrected chi connectivity index (χ4v) is 1.43. The molecular formula is C11H12N2O2. The molecule has 2 rings (SSSR count). The molecule has 0 saturated carbocycles. The SMILES string of the molecule is COc1ccc(Cc2cc(=O)[nH][nH]2)cc1. The molecule has 0 bridgehead atoms. The quantitative estimate of drug-likeness (QED) is 0.791. The van der Waals surface area contributed by atoms with E-state index in [0.29, 0.717) is 6.42 Å². The van der Waals surface area contributed by atoms with Gasteiger partial charge in [0.1, 0.15) is 5.75 Å². The first-order chi connectivity index (χ1) is 7.28. The summed E-state index contributed by atoms with van der Waals surface area (Å²) in [7, 11) is 1.64. The fourth-order valence-electron chi connectivity index (χ4n) is 1.43. The van der Waals surface area contributed by atoms with Gasteiger partial charge in [-0.15, -0.1) is 0 Å². The van der Waals surface area contributed by atoms with Crippen molar-refractivity contribution in [3.05, 3.63) is 51.9 Å². The van der Waals surface area contributed by atoms with E-state index in [1.165, 1.54) is 0 Å². The number of benzene rings is 1. The number of methoxy groups -OCH3 is 1. The van der Waals surface area contributed by atoms with Crippen molar-refractivity contribution in [2.45, 2.75) is 6.42 Å². The molecule has 1 aromatic heterocycles. The molecule has 2 N–H and O–H groups in total. The summed E-state index contributed by atoms with van der Waals surface area (Å²) in [5.74, 6) is 0.835. The summed E-state index contributed by atoms with van der Waals surface area (Å²) in [6.45, 7) is 0. The van der Waals surface area contributed by atoms with E-state index in [1.807, 2.05) is 24.3 Å². The van der Waals surface area contributed by atoms with Crippen molar-refractivity contribution in [2.24, 2.45) is 0 Å². The Morgan fingerprint density at radius 3 is 2.47 bits per heavy atom. The van der Waals surface area contributed by atoms with Crippen LogP contribution in [0.4, 0.5) is 0 Å². The first kappa shape index (κ1) is 9.58. The number of hydrogen-bond acceptors (Lipinski definition) is 2. The lowest BCUT2D eigenvalue weighted by atomic mass is 10.1. The van der Waals surface area contributed by atoms with E-state index >= 15 is 0 Å². The van der Waals surface area contributed by atoms with E-state index in [4.69, 9.17) is 4.74 Å². The molecule has 0 fully saturated rings. The van der Waals surface area contributed by atoms with Crippen molar-refractivity contribution in [2.75, 3.05) is 7.11 Å². The summed E-state index contributed by atoms with van der Waals surface area (Å²) in [5, 5.41) is 5.32. The third kappa shape index (κ3) is 2.28. The summed E-state index contributed by atoms with van der Waals surface area (Å²) in [6.07, 6.45) is 0.711. The van der Waals surface area contributed by atoms with Crippen LogP contribution in [0, 0.1) is 0 Å². The minimum absolute atomic E-state index is 0.0986. The highest BCUT2D eigenvalue weighted by Crippen LogP contribution is 2.13. The average Bonchev–Trinajstić information content (AvgIpc) is 2.65. The van der Waals surface area contributed by atoms with E-state index in [0.717, 1.165) is 17.0 Å². The highest BCUT2D eigenvalue weighted by Gasteiger charge is 1.99. The molecule has 0 aliphatic heterocycles. The third-order valence-corrected chi connectivity index (χ3v) is 2.21. The van der Waals surface area contributed by atoms with Crippen molar-refractivity contribution in [1.29, 1.82) is 0 Å². The van der Waals surface area contributed by atoms with Gasteiger partial charge in [-0.3, -0.25) is 9.89 Å². The van der Waals surface area contributed by atoms with Crippen LogP contribution in [0.5, 0.6) is 5.75 Å². The van der Waals surface area contributed by atoms with E-state index in [1.54, 1.807) is 13.2 Å². The summed E-state index contributed by atoms with van der Waals surface area (Å²) in [4.78, 5) is 10.9. The molecule has 0 aliphatic rings. The predicted molar refractivity (Wildman–Crippen MR) is 57.2 cm³/mol. The van der Waals surface area contributed by atoms with Crippen LogP contribution >= 0.6 is 0 Å². The van der Waals surface area contributed by atoms with Gasteiger partial charge in [-0.25, -0.2) is 0 Å². The Morgan fingerprint density at radius 2 is 1.93 bits per heavy atom. The molecule has 0 radical (unpaired) electrons. The van der Waals surface area contributed by atoms with E-state index in [9.17, 15) is 4.79 Å². The van der Waals surface area contributed by atoms with Gasteiger partial charge in [0.05, 0.1) is 7.11 Å². The van der Waals surface area contributed by atoms with Crippen LogP contribution in [0.25, 0.3) is 0 Å². The molecular weight excluding hydrogens is 192 g/mol. The molecule has 0 saturated heterocycles. The Labute approximate surface area is 86.9 Å². The average molecular weight is 204 g/mol. The maximum atomic E-state index is 10.9. The van der Waals surface area contributed by atoms with Crippen LogP contribution in [-0.4, -0.2) is 17.3 Å². The van der Waals surface area contributed by atoms with E-state index in [-0.39, 0.29) is 5.56 Å². The second-order valence-corrected chi connectivity index (χ2v) is 3.31. The van der Waals surface area contributed by atoms with Gasteiger partial charge in [0.2, 0.25) is 0 Å². The topological polar surface area (TPSA) is 57.9 Å². The molecule has 4 heteroatoms. The summed E-state index contributed by atoms with van der Waals surface area (Å²) in [6, 6.07) is 9.32. The number of aromatic amines is 2. The van der Waals surface area contributed by atoms with Crippen LogP contribution in [0.3, 0.4) is 0 Å². The Morgan fingerprint density at radius 1 is 1.20 bits per heavy atom. The number of nitrogens with one attached hydrogen (secondary N) is 2. The van der Waals surface area contributed by atoms with Crippen LogP contribution < -0.4 is 10.3 Å². The summed E-state index contributed by atoms with van der Waals surface area (Å²) in [5.41, 5.74) is 1.91. The maximum Gasteiger partial charge on any atom is 0.264 e. The lowest BCUT2D eigenvalue weighted by Crippen LogP contribution is -1.93. The highest BCUT2D eigenvalue weighted by atomic mass is 16.5. The molecule has 0 unspecified atom stereocenters. The lowest BCUT2D eigenvalue weighted by Gasteiger charge is -2.01. The third-order valence-electron chi connectivity index (χ3n) is 2.21. The number of aromatic nitrogens is 2. The monoisotopic (exact) mass is 204 g/mol. The van der Waals surface area contributed by atoms with Gasteiger partial charge in [-0.1, -0.05) is 12.1 Å². The van der Waals surface area contributed by atoms with Gasteiger partial charge >= 0.3 is 0 Å². The molecule has 1 aromatic carbocycles. The molecule has 0 aliphatic carbocycles.